The van der Waals surface area contributed by atoms with Gasteiger partial charge in [0.05, 0.1) is 22.2 Å². The van der Waals surface area contributed by atoms with Crippen molar-refractivity contribution in [3.8, 4) is 0 Å². The van der Waals surface area contributed by atoms with Gasteiger partial charge in [-0.15, -0.1) is 11.3 Å². The van der Waals surface area contributed by atoms with Crippen LogP contribution in [0.3, 0.4) is 0 Å². The summed E-state index contributed by atoms with van der Waals surface area (Å²) >= 11 is 1.78. The first-order chi connectivity index (χ1) is 10.1. The number of fused-ring (bicyclic) bond motifs is 1. The summed E-state index contributed by atoms with van der Waals surface area (Å²) < 4.78 is 23.3. The number of hydrogen-bond donors (Lipinski definition) is 1. The van der Waals surface area contributed by atoms with E-state index >= 15 is 0 Å². The third-order valence-corrected chi connectivity index (χ3v) is 7.96. The predicted octanol–water partition coefficient (Wildman–Crippen LogP) is 2.22. The zero-order valence-corrected chi connectivity index (χ0v) is 13.8. The first-order valence-electron chi connectivity index (χ1n) is 8.04. The summed E-state index contributed by atoms with van der Waals surface area (Å²) in [6.45, 7) is 1.05. The van der Waals surface area contributed by atoms with Gasteiger partial charge in [0.2, 0.25) is 0 Å². The van der Waals surface area contributed by atoms with Gasteiger partial charge in [-0.2, -0.15) is 0 Å². The van der Waals surface area contributed by atoms with E-state index in [0.717, 1.165) is 30.4 Å². The molecule has 3 aliphatic rings. The average molecular weight is 326 g/mol. The van der Waals surface area contributed by atoms with Gasteiger partial charge in [0, 0.05) is 29.3 Å². The van der Waals surface area contributed by atoms with Crippen molar-refractivity contribution in [2.75, 3.05) is 18.1 Å². The first-order valence-corrected chi connectivity index (χ1v) is 10.7. The average Bonchev–Trinajstić information content (AvgIpc) is 3.05. The summed E-state index contributed by atoms with van der Waals surface area (Å²) in [4.78, 5) is 6.31. The van der Waals surface area contributed by atoms with E-state index in [0.29, 0.717) is 17.4 Å². The summed E-state index contributed by atoms with van der Waals surface area (Å²) in [5.74, 6) is 1.35. The minimum Gasteiger partial charge on any atom is -0.313 e. The molecule has 0 aromatic carbocycles. The summed E-state index contributed by atoms with van der Waals surface area (Å²) in [6.07, 6.45) is 7.00. The van der Waals surface area contributed by atoms with Crippen molar-refractivity contribution in [1.82, 2.24) is 10.3 Å². The molecule has 0 radical (unpaired) electrons. The topological polar surface area (TPSA) is 59.1 Å². The van der Waals surface area contributed by atoms with Gasteiger partial charge in [-0.3, -0.25) is 0 Å². The maximum absolute atomic E-state index is 11.7. The van der Waals surface area contributed by atoms with Gasteiger partial charge in [0.15, 0.2) is 9.84 Å². The Hall–Kier alpha value is -0.460. The van der Waals surface area contributed by atoms with Crippen LogP contribution in [0.15, 0.2) is 0 Å². The van der Waals surface area contributed by atoms with Gasteiger partial charge in [0.1, 0.15) is 0 Å². The third kappa shape index (κ3) is 3.03. The van der Waals surface area contributed by atoms with Crippen LogP contribution in [0.2, 0.25) is 0 Å². The largest absolute Gasteiger partial charge is 0.313 e. The normalized spacial score (nSPS) is 31.2. The number of nitrogens with one attached hydrogen (secondary N) is 1. The van der Waals surface area contributed by atoms with Crippen molar-refractivity contribution in [1.29, 1.82) is 0 Å². The van der Waals surface area contributed by atoms with Crippen molar-refractivity contribution < 1.29 is 8.42 Å². The number of nitrogens with zero attached hydrogens (tertiary/aromatic N) is 1. The molecule has 0 spiro atoms. The molecule has 1 N–H and O–H groups in total. The van der Waals surface area contributed by atoms with Gasteiger partial charge >= 0.3 is 0 Å². The molecule has 4 rings (SSSR count). The number of hydrogen-bond acceptors (Lipinski definition) is 5. The van der Waals surface area contributed by atoms with E-state index in [9.17, 15) is 8.42 Å². The van der Waals surface area contributed by atoms with Crippen LogP contribution in [0.4, 0.5) is 0 Å². The predicted molar refractivity (Wildman–Crippen MR) is 84.8 cm³/mol. The van der Waals surface area contributed by atoms with Crippen LogP contribution < -0.4 is 5.32 Å². The Morgan fingerprint density at radius 3 is 2.81 bits per heavy atom. The quantitative estimate of drug-likeness (QED) is 0.922. The Labute approximate surface area is 130 Å². The first kappa shape index (κ1) is 14.2. The standard InChI is InChI=1S/C15H22N2O2S2/c18-21(19)7-6-11(9-21)15-17-14-10(8-16-12-4-5-12)2-1-3-13(14)20-15/h10-12,16H,1-9H2. The van der Waals surface area contributed by atoms with Crippen molar-refractivity contribution in [2.24, 2.45) is 0 Å². The van der Waals surface area contributed by atoms with Crippen LogP contribution in [-0.4, -0.2) is 37.5 Å². The molecular formula is C15H22N2O2S2. The second kappa shape index (κ2) is 5.32. The summed E-state index contributed by atoms with van der Waals surface area (Å²) in [5.41, 5.74) is 1.28. The maximum atomic E-state index is 11.7. The van der Waals surface area contributed by atoms with Crippen LogP contribution in [0.5, 0.6) is 0 Å². The highest BCUT2D eigenvalue weighted by Gasteiger charge is 2.34. The van der Waals surface area contributed by atoms with E-state index in [4.69, 9.17) is 4.98 Å². The Kier molecular flexibility index (Phi) is 3.58. The van der Waals surface area contributed by atoms with Crippen LogP contribution >= 0.6 is 11.3 Å². The van der Waals surface area contributed by atoms with E-state index < -0.39 is 9.84 Å². The molecule has 2 atom stereocenters. The van der Waals surface area contributed by atoms with E-state index in [1.807, 2.05) is 0 Å². The van der Waals surface area contributed by atoms with Gasteiger partial charge in [-0.25, -0.2) is 13.4 Å². The lowest BCUT2D eigenvalue weighted by atomic mass is 9.91. The van der Waals surface area contributed by atoms with Crippen molar-refractivity contribution >= 4 is 21.2 Å². The van der Waals surface area contributed by atoms with Crippen LogP contribution in [0.25, 0.3) is 0 Å². The third-order valence-electron chi connectivity index (χ3n) is 4.90. The van der Waals surface area contributed by atoms with Gasteiger partial charge in [0.25, 0.3) is 0 Å². The maximum Gasteiger partial charge on any atom is 0.151 e. The summed E-state index contributed by atoms with van der Waals surface area (Å²) in [7, 11) is -2.82. The Balaban J connectivity index is 1.52. The highest BCUT2D eigenvalue weighted by Crippen LogP contribution is 2.39. The molecule has 116 valence electrons. The van der Waals surface area contributed by atoms with Gasteiger partial charge in [-0.05, 0) is 38.5 Å². The number of rotatable bonds is 4. The van der Waals surface area contributed by atoms with E-state index in [1.165, 1.54) is 36.3 Å². The Bertz CT molecular complexity index is 634. The fourth-order valence-electron chi connectivity index (χ4n) is 3.49. The molecule has 2 unspecified atom stereocenters. The number of sulfone groups is 1. The monoisotopic (exact) mass is 326 g/mol. The molecule has 4 nitrogen and oxygen atoms in total. The molecule has 2 heterocycles. The Morgan fingerprint density at radius 2 is 2.10 bits per heavy atom. The van der Waals surface area contributed by atoms with E-state index in [2.05, 4.69) is 5.32 Å². The molecule has 6 heteroatoms. The lowest BCUT2D eigenvalue weighted by molar-refractivity contribution is 0.499. The molecule has 0 bridgehead atoms. The zero-order chi connectivity index (χ0) is 14.4. The molecule has 1 saturated carbocycles. The summed E-state index contributed by atoms with van der Waals surface area (Å²) in [6, 6.07) is 0.744. The molecule has 2 fully saturated rings. The van der Waals surface area contributed by atoms with E-state index in [-0.39, 0.29) is 5.92 Å². The minimum atomic E-state index is -2.82. The molecular weight excluding hydrogens is 304 g/mol. The molecule has 21 heavy (non-hydrogen) atoms. The highest BCUT2D eigenvalue weighted by atomic mass is 32.2. The lowest BCUT2D eigenvalue weighted by Gasteiger charge is -2.21. The molecule has 1 aromatic heterocycles. The van der Waals surface area contributed by atoms with Crippen molar-refractivity contribution in [2.45, 2.75) is 56.4 Å². The Morgan fingerprint density at radius 1 is 1.24 bits per heavy atom. The van der Waals surface area contributed by atoms with E-state index in [1.54, 1.807) is 11.3 Å². The van der Waals surface area contributed by atoms with Crippen LogP contribution in [-0.2, 0) is 16.3 Å². The lowest BCUT2D eigenvalue weighted by Crippen LogP contribution is -2.25. The number of thiazole rings is 1. The number of aryl methyl sites for hydroxylation is 1. The van der Waals surface area contributed by atoms with Crippen LogP contribution in [0, 0.1) is 0 Å². The smallest absolute Gasteiger partial charge is 0.151 e. The molecule has 1 aliphatic heterocycles. The summed E-state index contributed by atoms with van der Waals surface area (Å²) in [5, 5.41) is 4.71. The van der Waals surface area contributed by atoms with Gasteiger partial charge < -0.3 is 5.32 Å². The molecule has 0 amide bonds. The SMILES string of the molecule is O=S1(=O)CCC(c2nc3c(s2)CCCC3CNC2CC2)C1. The second-order valence-corrected chi connectivity index (χ2v) is 10.1. The zero-order valence-electron chi connectivity index (χ0n) is 12.2. The van der Waals surface area contributed by atoms with Crippen molar-refractivity contribution in [3.63, 3.8) is 0 Å². The van der Waals surface area contributed by atoms with Gasteiger partial charge in [-0.1, -0.05) is 0 Å². The fraction of sp³-hybridized carbons (Fsp3) is 0.800. The van der Waals surface area contributed by atoms with Crippen LogP contribution in [0.1, 0.15) is 59.5 Å². The highest BCUT2D eigenvalue weighted by molar-refractivity contribution is 7.91. The molecule has 2 aliphatic carbocycles. The fourth-order valence-corrected chi connectivity index (χ4v) is 6.67. The number of aromatic nitrogens is 1. The molecule has 1 saturated heterocycles. The minimum absolute atomic E-state index is 0.155. The van der Waals surface area contributed by atoms with Crippen molar-refractivity contribution in [3.05, 3.63) is 15.6 Å². The molecule has 1 aromatic rings. The second-order valence-electron chi connectivity index (χ2n) is 6.73.